The van der Waals surface area contributed by atoms with Crippen LogP contribution in [0.3, 0.4) is 0 Å². The topological polar surface area (TPSA) is 64.3 Å². The van der Waals surface area contributed by atoms with Gasteiger partial charge in [-0.3, -0.25) is 0 Å². The van der Waals surface area contributed by atoms with E-state index in [2.05, 4.69) is 27.9 Å². The monoisotopic (exact) mass is 396 g/mol. The van der Waals surface area contributed by atoms with Gasteiger partial charge >= 0.3 is 5.97 Å². The summed E-state index contributed by atoms with van der Waals surface area (Å²) >= 11 is 2.24. The minimum atomic E-state index is -0.384. The fourth-order valence-electron chi connectivity index (χ4n) is 1.81. The predicted octanol–water partition coefficient (Wildman–Crippen LogP) is 4.18. The Kier molecular flexibility index (Phi) is 5.06. The number of carbonyl (C=O) groups excluding carboxylic acids is 1. The Bertz CT molecular complexity index is 639. The fraction of sp³-hybridized carbons (Fsp3) is 0.188. The zero-order valence-corrected chi connectivity index (χ0v) is 14.0. The summed E-state index contributed by atoms with van der Waals surface area (Å²) in [7, 11) is 0. The Morgan fingerprint density at radius 3 is 2.48 bits per heavy atom. The van der Waals surface area contributed by atoms with E-state index in [0.717, 1.165) is 9.26 Å². The van der Waals surface area contributed by atoms with Gasteiger partial charge in [0.2, 0.25) is 0 Å². The van der Waals surface area contributed by atoms with E-state index in [1.807, 2.05) is 38.1 Å². The standard InChI is InChI=1S/C16H17IN2O2/c1-10(2)21-16(20)14-9-12(18)5-8-15(14)19-13-6-3-11(17)4-7-13/h3-10,19H,18H2,1-2H3. The van der Waals surface area contributed by atoms with Crippen LogP contribution in [0.2, 0.25) is 0 Å². The first-order chi connectivity index (χ1) is 9.95. The van der Waals surface area contributed by atoms with E-state index in [0.29, 0.717) is 16.9 Å². The summed E-state index contributed by atoms with van der Waals surface area (Å²) < 4.78 is 6.40. The van der Waals surface area contributed by atoms with Crippen LogP contribution in [0.15, 0.2) is 42.5 Å². The third kappa shape index (κ3) is 4.35. The Labute approximate surface area is 137 Å². The highest BCUT2D eigenvalue weighted by molar-refractivity contribution is 14.1. The molecule has 21 heavy (non-hydrogen) atoms. The molecule has 0 amide bonds. The maximum Gasteiger partial charge on any atom is 0.340 e. The van der Waals surface area contributed by atoms with Crippen LogP contribution in [0.5, 0.6) is 0 Å². The highest BCUT2D eigenvalue weighted by Crippen LogP contribution is 2.25. The number of nitrogens with one attached hydrogen (secondary N) is 1. The number of halogens is 1. The molecule has 0 aromatic heterocycles. The second kappa shape index (κ2) is 6.80. The molecule has 0 radical (unpaired) electrons. The van der Waals surface area contributed by atoms with E-state index >= 15 is 0 Å². The van der Waals surface area contributed by atoms with Crippen molar-refractivity contribution in [3.05, 3.63) is 51.6 Å². The second-order valence-electron chi connectivity index (χ2n) is 4.89. The van der Waals surface area contributed by atoms with Gasteiger partial charge in [-0.1, -0.05) is 0 Å². The number of esters is 1. The van der Waals surface area contributed by atoms with Crippen molar-refractivity contribution < 1.29 is 9.53 Å². The molecule has 0 spiro atoms. The smallest absolute Gasteiger partial charge is 0.340 e. The zero-order valence-electron chi connectivity index (χ0n) is 11.9. The van der Waals surface area contributed by atoms with Crippen LogP contribution in [-0.2, 0) is 4.74 Å². The van der Waals surface area contributed by atoms with Crippen LogP contribution in [0, 0.1) is 3.57 Å². The van der Waals surface area contributed by atoms with Crippen molar-refractivity contribution in [3.8, 4) is 0 Å². The van der Waals surface area contributed by atoms with Crippen molar-refractivity contribution >= 4 is 45.6 Å². The number of hydrogen-bond donors (Lipinski definition) is 2. The zero-order chi connectivity index (χ0) is 15.4. The quantitative estimate of drug-likeness (QED) is 0.462. The Balaban J connectivity index is 2.30. The summed E-state index contributed by atoms with van der Waals surface area (Å²) in [5.74, 6) is -0.384. The molecule has 0 saturated heterocycles. The molecule has 0 aliphatic heterocycles. The Morgan fingerprint density at radius 1 is 1.19 bits per heavy atom. The largest absolute Gasteiger partial charge is 0.459 e. The third-order valence-electron chi connectivity index (χ3n) is 2.73. The van der Waals surface area contributed by atoms with Gasteiger partial charge in [-0.2, -0.15) is 0 Å². The van der Waals surface area contributed by atoms with E-state index < -0.39 is 0 Å². The molecular weight excluding hydrogens is 379 g/mol. The predicted molar refractivity (Wildman–Crippen MR) is 93.8 cm³/mol. The summed E-state index contributed by atoms with van der Waals surface area (Å²) in [5, 5.41) is 3.22. The number of nitrogens with two attached hydrogens (primary N) is 1. The van der Waals surface area contributed by atoms with Gasteiger partial charge < -0.3 is 15.8 Å². The van der Waals surface area contributed by atoms with Gasteiger partial charge in [-0.05, 0) is 78.9 Å². The van der Waals surface area contributed by atoms with Crippen molar-refractivity contribution in [2.45, 2.75) is 20.0 Å². The molecule has 0 aliphatic carbocycles. The van der Waals surface area contributed by atoms with Gasteiger partial charge in [-0.15, -0.1) is 0 Å². The van der Waals surface area contributed by atoms with E-state index in [1.165, 1.54) is 0 Å². The van der Waals surface area contributed by atoms with Gasteiger partial charge in [0.15, 0.2) is 0 Å². The lowest BCUT2D eigenvalue weighted by Gasteiger charge is -2.14. The summed E-state index contributed by atoms with van der Waals surface area (Å²) in [6, 6.07) is 13.1. The van der Waals surface area contributed by atoms with Crippen LogP contribution in [-0.4, -0.2) is 12.1 Å². The van der Waals surface area contributed by atoms with E-state index in [1.54, 1.807) is 18.2 Å². The highest BCUT2D eigenvalue weighted by Gasteiger charge is 2.15. The molecule has 0 aliphatic rings. The van der Waals surface area contributed by atoms with Crippen LogP contribution in [0.4, 0.5) is 17.1 Å². The molecule has 0 saturated carbocycles. The molecule has 2 aromatic carbocycles. The lowest BCUT2D eigenvalue weighted by molar-refractivity contribution is 0.0379. The second-order valence-corrected chi connectivity index (χ2v) is 6.14. The van der Waals surface area contributed by atoms with Crippen LogP contribution < -0.4 is 11.1 Å². The van der Waals surface area contributed by atoms with Crippen LogP contribution in [0.1, 0.15) is 24.2 Å². The van der Waals surface area contributed by atoms with Crippen molar-refractivity contribution in [2.75, 3.05) is 11.1 Å². The number of carbonyl (C=O) groups is 1. The summed E-state index contributed by atoms with van der Waals surface area (Å²) in [6.45, 7) is 3.63. The number of rotatable bonds is 4. The SMILES string of the molecule is CC(C)OC(=O)c1cc(N)ccc1Nc1ccc(I)cc1. The van der Waals surface area contributed by atoms with E-state index in [4.69, 9.17) is 10.5 Å². The molecule has 0 bridgehead atoms. The van der Waals surface area contributed by atoms with Gasteiger partial charge in [-0.25, -0.2) is 4.79 Å². The summed E-state index contributed by atoms with van der Waals surface area (Å²) in [6.07, 6.45) is -0.176. The molecule has 0 atom stereocenters. The number of anilines is 3. The molecule has 2 aromatic rings. The minimum absolute atomic E-state index is 0.176. The lowest BCUT2D eigenvalue weighted by atomic mass is 10.1. The van der Waals surface area contributed by atoms with Crippen molar-refractivity contribution in [1.82, 2.24) is 0 Å². The number of benzene rings is 2. The highest BCUT2D eigenvalue weighted by atomic mass is 127. The molecule has 2 rings (SSSR count). The van der Waals surface area contributed by atoms with Crippen molar-refractivity contribution in [2.24, 2.45) is 0 Å². The molecule has 0 unspecified atom stereocenters. The molecule has 110 valence electrons. The number of nitrogen functional groups attached to an aromatic ring is 1. The molecule has 0 fully saturated rings. The molecule has 5 heteroatoms. The molecule has 0 heterocycles. The van der Waals surface area contributed by atoms with Gasteiger partial charge in [0.25, 0.3) is 0 Å². The van der Waals surface area contributed by atoms with Gasteiger partial charge in [0, 0.05) is 14.9 Å². The maximum absolute atomic E-state index is 12.2. The summed E-state index contributed by atoms with van der Waals surface area (Å²) in [4.78, 5) is 12.2. The van der Waals surface area contributed by atoms with Gasteiger partial charge in [0.1, 0.15) is 0 Å². The number of ether oxygens (including phenoxy) is 1. The Morgan fingerprint density at radius 2 is 1.86 bits per heavy atom. The first-order valence-electron chi connectivity index (χ1n) is 6.59. The van der Waals surface area contributed by atoms with E-state index in [-0.39, 0.29) is 12.1 Å². The lowest BCUT2D eigenvalue weighted by Crippen LogP contribution is -2.13. The first kappa shape index (κ1) is 15.6. The van der Waals surface area contributed by atoms with Crippen molar-refractivity contribution in [1.29, 1.82) is 0 Å². The normalized spacial score (nSPS) is 10.5. The fourth-order valence-corrected chi connectivity index (χ4v) is 2.17. The molecular formula is C16H17IN2O2. The van der Waals surface area contributed by atoms with Crippen molar-refractivity contribution in [3.63, 3.8) is 0 Å². The van der Waals surface area contributed by atoms with Gasteiger partial charge in [0.05, 0.1) is 17.4 Å². The third-order valence-corrected chi connectivity index (χ3v) is 3.45. The molecule has 3 N–H and O–H groups in total. The average Bonchev–Trinajstić information content (AvgIpc) is 2.42. The first-order valence-corrected chi connectivity index (χ1v) is 7.66. The summed E-state index contributed by atoms with van der Waals surface area (Å²) in [5.41, 5.74) is 8.31. The maximum atomic E-state index is 12.2. The van der Waals surface area contributed by atoms with Crippen LogP contribution >= 0.6 is 22.6 Å². The minimum Gasteiger partial charge on any atom is -0.459 e. The van der Waals surface area contributed by atoms with E-state index in [9.17, 15) is 4.79 Å². The van der Waals surface area contributed by atoms with Crippen LogP contribution in [0.25, 0.3) is 0 Å². The average molecular weight is 396 g/mol. The number of hydrogen-bond acceptors (Lipinski definition) is 4. The molecule has 4 nitrogen and oxygen atoms in total. The Hall–Kier alpha value is -1.76.